The summed E-state index contributed by atoms with van der Waals surface area (Å²) in [5.41, 5.74) is -0.250. The summed E-state index contributed by atoms with van der Waals surface area (Å²) in [6.07, 6.45) is 7.07. The standard InChI is InChI=1S/C14H22O4/c1-3-11-14(16-8-9-17-14)7-5-4-6-13(2,18-11)12-10-15-12/h4-5,11-12H,3,6-10H2,1-2H3/b5-4-/t11-,12?,13-/m1/s1. The molecule has 0 radical (unpaired) electrons. The van der Waals surface area contributed by atoms with Gasteiger partial charge in [-0.1, -0.05) is 19.1 Å². The van der Waals surface area contributed by atoms with Crippen LogP contribution >= 0.6 is 0 Å². The molecule has 0 aromatic carbocycles. The van der Waals surface area contributed by atoms with Crippen molar-refractivity contribution in [3.05, 3.63) is 12.2 Å². The van der Waals surface area contributed by atoms with E-state index in [-0.39, 0.29) is 17.8 Å². The maximum atomic E-state index is 6.36. The normalized spacial score (nSPS) is 44.6. The first kappa shape index (κ1) is 12.6. The first-order valence-electron chi connectivity index (χ1n) is 6.91. The van der Waals surface area contributed by atoms with Crippen molar-refractivity contribution in [2.45, 2.75) is 56.7 Å². The van der Waals surface area contributed by atoms with Gasteiger partial charge in [-0.25, -0.2) is 0 Å². The molecule has 1 spiro atoms. The van der Waals surface area contributed by atoms with E-state index in [9.17, 15) is 0 Å². The lowest BCUT2D eigenvalue weighted by Crippen LogP contribution is -2.51. The fourth-order valence-corrected chi connectivity index (χ4v) is 2.94. The summed E-state index contributed by atoms with van der Waals surface area (Å²) >= 11 is 0. The maximum Gasteiger partial charge on any atom is 0.198 e. The van der Waals surface area contributed by atoms with E-state index >= 15 is 0 Å². The van der Waals surface area contributed by atoms with E-state index in [0.29, 0.717) is 13.2 Å². The molecule has 0 aliphatic carbocycles. The Morgan fingerprint density at radius 3 is 2.44 bits per heavy atom. The molecule has 0 aromatic rings. The van der Waals surface area contributed by atoms with Crippen LogP contribution in [-0.4, -0.2) is 43.4 Å². The van der Waals surface area contributed by atoms with E-state index in [4.69, 9.17) is 18.9 Å². The third kappa shape index (κ3) is 2.11. The monoisotopic (exact) mass is 254 g/mol. The van der Waals surface area contributed by atoms with Gasteiger partial charge in [0.25, 0.3) is 0 Å². The van der Waals surface area contributed by atoms with Gasteiger partial charge in [0.2, 0.25) is 0 Å². The molecule has 0 amide bonds. The molecule has 4 nitrogen and oxygen atoms in total. The molecule has 0 bridgehead atoms. The van der Waals surface area contributed by atoms with Gasteiger partial charge in [-0.3, -0.25) is 0 Å². The molecule has 1 unspecified atom stereocenters. The molecule has 4 heteroatoms. The van der Waals surface area contributed by atoms with Crippen molar-refractivity contribution in [3.8, 4) is 0 Å². The average Bonchev–Trinajstić information content (AvgIpc) is 3.11. The molecular weight excluding hydrogens is 232 g/mol. The van der Waals surface area contributed by atoms with Crippen LogP contribution in [0.25, 0.3) is 0 Å². The smallest absolute Gasteiger partial charge is 0.198 e. The Hall–Kier alpha value is -0.420. The van der Waals surface area contributed by atoms with E-state index in [0.717, 1.165) is 25.9 Å². The fourth-order valence-electron chi connectivity index (χ4n) is 2.94. The van der Waals surface area contributed by atoms with E-state index in [1.165, 1.54) is 0 Å². The summed E-state index contributed by atoms with van der Waals surface area (Å²) in [7, 11) is 0. The minimum absolute atomic E-state index is 0.0286. The highest BCUT2D eigenvalue weighted by atomic mass is 16.8. The Balaban J connectivity index is 1.85. The molecule has 2 fully saturated rings. The second-order valence-corrected chi connectivity index (χ2v) is 5.54. The quantitative estimate of drug-likeness (QED) is 0.558. The SMILES string of the molecule is CC[C@H]1O[C@@](C)(C2CO2)C/C=C\CC12OCCO2. The Morgan fingerprint density at radius 2 is 1.83 bits per heavy atom. The van der Waals surface area contributed by atoms with Crippen LogP contribution in [0.3, 0.4) is 0 Å². The summed E-state index contributed by atoms with van der Waals surface area (Å²) in [5, 5.41) is 0. The lowest BCUT2D eigenvalue weighted by atomic mass is 9.92. The van der Waals surface area contributed by atoms with Gasteiger partial charge in [-0.15, -0.1) is 0 Å². The number of ether oxygens (including phenoxy) is 4. The van der Waals surface area contributed by atoms with Crippen molar-refractivity contribution >= 4 is 0 Å². The fraction of sp³-hybridized carbons (Fsp3) is 0.857. The van der Waals surface area contributed by atoms with Crippen LogP contribution in [0.2, 0.25) is 0 Å². The molecule has 2 saturated heterocycles. The summed E-state index contributed by atoms with van der Waals surface area (Å²) in [5.74, 6) is -0.582. The van der Waals surface area contributed by atoms with Gasteiger partial charge >= 0.3 is 0 Å². The van der Waals surface area contributed by atoms with Crippen LogP contribution in [-0.2, 0) is 18.9 Å². The minimum atomic E-state index is -0.582. The molecular formula is C14H22O4. The number of hydrogen-bond acceptors (Lipinski definition) is 4. The molecule has 3 rings (SSSR count). The van der Waals surface area contributed by atoms with Gasteiger partial charge in [0, 0.05) is 6.42 Å². The highest BCUT2D eigenvalue weighted by Gasteiger charge is 2.51. The van der Waals surface area contributed by atoms with Gasteiger partial charge in [0.1, 0.15) is 12.2 Å². The van der Waals surface area contributed by atoms with Gasteiger partial charge in [-0.2, -0.15) is 0 Å². The lowest BCUT2D eigenvalue weighted by molar-refractivity contribution is -0.262. The first-order chi connectivity index (χ1) is 8.69. The van der Waals surface area contributed by atoms with Crippen molar-refractivity contribution in [1.82, 2.24) is 0 Å². The Bertz CT molecular complexity index is 331. The van der Waals surface area contributed by atoms with Crippen LogP contribution in [0.15, 0.2) is 12.2 Å². The van der Waals surface area contributed by atoms with E-state index in [1.807, 2.05) is 0 Å². The van der Waals surface area contributed by atoms with Gasteiger partial charge < -0.3 is 18.9 Å². The van der Waals surface area contributed by atoms with Crippen molar-refractivity contribution < 1.29 is 18.9 Å². The zero-order valence-corrected chi connectivity index (χ0v) is 11.2. The third-order valence-corrected chi connectivity index (χ3v) is 4.16. The summed E-state index contributed by atoms with van der Waals surface area (Å²) < 4.78 is 23.6. The Kier molecular flexibility index (Phi) is 3.22. The van der Waals surface area contributed by atoms with Crippen LogP contribution in [0.4, 0.5) is 0 Å². The Labute approximate surface area is 108 Å². The van der Waals surface area contributed by atoms with Crippen molar-refractivity contribution in [1.29, 1.82) is 0 Å². The van der Waals surface area contributed by atoms with Crippen molar-refractivity contribution in [3.63, 3.8) is 0 Å². The highest BCUT2D eigenvalue weighted by molar-refractivity contribution is 5.05. The van der Waals surface area contributed by atoms with Gasteiger partial charge in [0.05, 0.1) is 25.4 Å². The largest absolute Gasteiger partial charge is 0.370 e. The topological polar surface area (TPSA) is 40.2 Å². The van der Waals surface area contributed by atoms with Crippen LogP contribution in [0, 0.1) is 0 Å². The highest BCUT2D eigenvalue weighted by Crippen LogP contribution is 2.40. The molecule has 0 aromatic heterocycles. The van der Waals surface area contributed by atoms with Crippen molar-refractivity contribution in [2.24, 2.45) is 0 Å². The molecule has 3 aliphatic heterocycles. The zero-order valence-electron chi connectivity index (χ0n) is 11.2. The molecule has 3 aliphatic rings. The van der Waals surface area contributed by atoms with Crippen LogP contribution in [0.1, 0.15) is 33.1 Å². The van der Waals surface area contributed by atoms with Gasteiger partial charge in [-0.05, 0) is 19.8 Å². The first-order valence-corrected chi connectivity index (χ1v) is 6.91. The lowest BCUT2D eigenvalue weighted by Gasteiger charge is -2.41. The van der Waals surface area contributed by atoms with E-state index in [1.54, 1.807) is 0 Å². The number of epoxide rings is 1. The Morgan fingerprint density at radius 1 is 1.17 bits per heavy atom. The van der Waals surface area contributed by atoms with E-state index < -0.39 is 5.79 Å². The third-order valence-electron chi connectivity index (χ3n) is 4.16. The predicted octanol–water partition coefficient (Wildman–Crippen LogP) is 2.03. The summed E-state index contributed by atoms with van der Waals surface area (Å²) in [6, 6.07) is 0. The van der Waals surface area contributed by atoms with E-state index in [2.05, 4.69) is 26.0 Å². The maximum absolute atomic E-state index is 6.36. The van der Waals surface area contributed by atoms with Crippen molar-refractivity contribution in [2.75, 3.05) is 19.8 Å². The summed E-state index contributed by atoms with van der Waals surface area (Å²) in [4.78, 5) is 0. The predicted molar refractivity (Wildman–Crippen MR) is 66.3 cm³/mol. The average molecular weight is 254 g/mol. The second-order valence-electron chi connectivity index (χ2n) is 5.54. The molecule has 3 atom stereocenters. The second kappa shape index (κ2) is 4.60. The molecule has 0 N–H and O–H groups in total. The summed E-state index contributed by atoms with van der Waals surface area (Å²) in [6.45, 7) is 6.37. The molecule has 18 heavy (non-hydrogen) atoms. The number of rotatable bonds is 2. The van der Waals surface area contributed by atoms with Crippen LogP contribution < -0.4 is 0 Å². The molecule has 0 saturated carbocycles. The molecule has 102 valence electrons. The zero-order chi connectivity index (χ0) is 12.6. The van der Waals surface area contributed by atoms with Crippen LogP contribution in [0.5, 0.6) is 0 Å². The molecule has 3 heterocycles. The van der Waals surface area contributed by atoms with Gasteiger partial charge in [0.15, 0.2) is 5.79 Å². The minimum Gasteiger partial charge on any atom is -0.370 e. The number of hydrogen-bond donors (Lipinski definition) is 0.